The van der Waals surface area contributed by atoms with Crippen LogP contribution >= 0.6 is 11.6 Å². The van der Waals surface area contributed by atoms with E-state index in [0.717, 1.165) is 31.9 Å². The molecule has 1 aromatic carbocycles. The van der Waals surface area contributed by atoms with Crippen molar-refractivity contribution in [1.29, 1.82) is 0 Å². The number of nitrogens with one attached hydrogen (secondary N) is 2. The molecular formula is C16H24ClN3O. The van der Waals surface area contributed by atoms with E-state index in [1.807, 2.05) is 19.9 Å². The fourth-order valence-corrected chi connectivity index (χ4v) is 2.92. The molecule has 0 bridgehead atoms. The molecule has 1 aromatic rings. The van der Waals surface area contributed by atoms with Crippen molar-refractivity contribution < 1.29 is 4.79 Å². The lowest BCUT2D eigenvalue weighted by molar-refractivity contribution is 0.0932. The number of likely N-dealkylation sites (tertiary alicyclic amines) is 1. The van der Waals surface area contributed by atoms with Gasteiger partial charge >= 0.3 is 0 Å². The summed E-state index contributed by atoms with van der Waals surface area (Å²) in [6.45, 7) is 8.01. The summed E-state index contributed by atoms with van der Waals surface area (Å²) in [5.41, 5.74) is 1.44. The molecule has 2 N–H and O–H groups in total. The summed E-state index contributed by atoms with van der Waals surface area (Å²) in [5.74, 6) is -0.0693. The normalized spacial score (nSPS) is 16.7. The van der Waals surface area contributed by atoms with Gasteiger partial charge in [0.2, 0.25) is 0 Å². The minimum Gasteiger partial charge on any atom is -0.385 e. The molecule has 0 saturated carbocycles. The average Bonchev–Trinajstić information content (AvgIpc) is 2.93. The van der Waals surface area contributed by atoms with Crippen molar-refractivity contribution in [2.45, 2.75) is 32.7 Å². The van der Waals surface area contributed by atoms with Crippen molar-refractivity contribution in [3.63, 3.8) is 0 Å². The summed E-state index contributed by atoms with van der Waals surface area (Å²) in [6, 6.07) is 5.50. The van der Waals surface area contributed by atoms with Gasteiger partial charge in [0.05, 0.1) is 5.56 Å². The smallest absolute Gasteiger partial charge is 0.253 e. The Hall–Kier alpha value is -1.26. The molecular weight excluding hydrogens is 286 g/mol. The number of carbonyl (C=O) groups excluding carboxylic acids is 1. The molecule has 0 radical (unpaired) electrons. The molecule has 0 aromatic heterocycles. The molecule has 2 rings (SSSR count). The second-order valence-electron chi connectivity index (χ2n) is 5.60. The van der Waals surface area contributed by atoms with E-state index in [2.05, 4.69) is 15.5 Å². The lowest BCUT2D eigenvalue weighted by Gasteiger charge is -2.22. The zero-order chi connectivity index (χ0) is 15.2. The Morgan fingerprint density at radius 3 is 2.76 bits per heavy atom. The van der Waals surface area contributed by atoms with Crippen molar-refractivity contribution in [2.24, 2.45) is 0 Å². The zero-order valence-corrected chi connectivity index (χ0v) is 13.5. The van der Waals surface area contributed by atoms with Gasteiger partial charge in [-0.15, -0.1) is 0 Å². The molecule has 1 saturated heterocycles. The number of benzene rings is 1. The molecule has 1 aliphatic heterocycles. The monoisotopic (exact) mass is 309 g/mol. The maximum atomic E-state index is 12.4. The van der Waals surface area contributed by atoms with Crippen LogP contribution in [0, 0.1) is 0 Å². The standard InChI is InChI=1S/C16H24ClN3O/c1-3-18-15-7-6-13(17)10-14(15)16(21)19-12(2)11-20-8-4-5-9-20/h6-7,10,12,18H,3-5,8-9,11H2,1-2H3,(H,19,21). The van der Waals surface area contributed by atoms with Crippen LogP contribution < -0.4 is 10.6 Å². The first kappa shape index (κ1) is 16.1. The first-order valence-electron chi connectivity index (χ1n) is 7.66. The molecule has 1 fully saturated rings. The quantitative estimate of drug-likeness (QED) is 0.849. The third kappa shape index (κ3) is 4.61. The van der Waals surface area contributed by atoms with Crippen molar-refractivity contribution in [1.82, 2.24) is 10.2 Å². The van der Waals surface area contributed by atoms with Crippen LogP contribution in [0.25, 0.3) is 0 Å². The van der Waals surface area contributed by atoms with Gasteiger partial charge in [0.15, 0.2) is 0 Å². The van der Waals surface area contributed by atoms with Crippen molar-refractivity contribution in [3.05, 3.63) is 28.8 Å². The molecule has 1 amide bonds. The molecule has 1 unspecified atom stereocenters. The minimum atomic E-state index is -0.0693. The van der Waals surface area contributed by atoms with E-state index in [4.69, 9.17) is 11.6 Å². The van der Waals surface area contributed by atoms with Crippen LogP contribution in [-0.4, -0.2) is 43.0 Å². The lowest BCUT2D eigenvalue weighted by Crippen LogP contribution is -2.41. The van der Waals surface area contributed by atoms with Crippen LogP contribution in [0.2, 0.25) is 5.02 Å². The number of amides is 1. The van der Waals surface area contributed by atoms with Gasteiger partial charge in [-0.2, -0.15) is 0 Å². The largest absolute Gasteiger partial charge is 0.385 e. The summed E-state index contributed by atoms with van der Waals surface area (Å²) < 4.78 is 0. The summed E-state index contributed by atoms with van der Waals surface area (Å²) in [6.07, 6.45) is 2.53. The number of carbonyl (C=O) groups is 1. The van der Waals surface area contributed by atoms with Crippen LogP contribution in [0.5, 0.6) is 0 Å². The highest BCUT2D eigenvalue weighted by atomic mass is 35.5. The topological polar surface area (TPSA) is 44.4 Å². The van der Waals surface area contributed by atoms with Crippen molar-refractivity contribution >= 4 is 23.2 Å². The number of nitrogens with zero attached hydrogens (tertiary/aromatic N) is 1. The van der Waals surface area contributed by atoms with Crippen LogP contribution in [0.3, 0.4) is 0 Å². The van der Waals surface area contributed by atoms with Gasteiger partial charge in [-0.1, -0.05) is 11.6 Å². The Balaban J connectivity index is 1.99. The van der Waals surface area contributed by atoms with E-state index in [1.54, 1.807) is 12.1 Å². The summed E-state index contributed by atoms with van der Waals surface area (Å²) in [5, 5.41) is 6.85. The predicted octanol–water partition coefficient (Wildman–Crippen LogP) is 2.99. The van der Waals surface area contributed by atoms with Crippen molar-refractivity contribution in [2.75, 3.05) is 31.5 Å². The van der Waals surface area contributed by atoms with E-state index in [-0.39, 0.29) is 11.9 Å². The number of rotatable bonds is 6. The second kappa shape index (κ2) is 7.66. The molecule has 0 spiro atoms. The Bertz CT molecular complexity index is 486. The van der Waals surface area contributed by atoms with Gasteiger partial charge in [-0.25, -0.2) is 0 Å². The predicted molar refractivity (Wildman–Crippen MR) is 88.2 cm³/mol. The van der Waals surface area contributed by atoms with Gasteiger partial charge < -0.3 is 15.5 Å². The van der Waals surface area contributed by atoms with Crippen LogP contribution in [0.4, 0.5) is 5.69 Å². The van der Waals surface area contributed by atoms with Gasteiger partial charge in [0, 0.05) is 29.8 Å². The third-order valence-corrected chi connectivity index (χ3v) is 3.94. The molecule has 0 aliphatic carbocycles. The fraction of sp³-hybridized carbons (Fsp3) is 0.562. The summed E-state index contributed by atoms with van der Waals surface area (Å²) in [7, 11) is 0. The number of anilines is 1. The Morgan fingerprint density at radius 1 is 1.38 bits per heavy atom. The maximum absolute atomic E-state index is 12.4. The SMILES string of the molecule is CCNc1ccc(Cl)cc1C(=O)NC(C)CN1CCCC1. The van der Waals surface area contributed by atoms with E-state index >= 15 is 0 Å². The Labute approximate surface area is 131 Å². The molecule has 1 heterocycles. The first-order chi connectivity index (χ1) is 10.1. The van der Waals surface area contributed by atoms with Gasteiger partial charge in [-0.05, 0) is 58.0 Å². The maximum Gasteiger partial charge on any atom is 0.253 e. The van der Waals surface area contributed by atoms with Crippen LogP contribution in [-0.2, 0) is 0 Å². The summed E-state index contributed by atoms with van der Waals surface area (Å²) >= 11 is 6.02. The van der Waals surface area contributed by atoms with Gasteiger partial charge in [-0.3, -0.25) is 4.79 Å². The molecule has 1 atom stereocenters. The first-order valence-corrected chi connectivity index (χ1v) is 8.04. The highest BCUT2D eigenvalue weighted by molar-refractivity contribution is 6.31. The van der Waals surface area contributed by atoms with Crippen LogP contribution in [0.15, 0.2) is 18.2 Å². The fourth-order valence-electron chi connectivity index (χ4n) is 2.75. The highest BCUT2D eigenvalue weighted by Crippen LogP contribution is 2.20. The van der Waals surface area contributed by atoms with E-state index < -0.39 is 0 Å². The molecule has 116 valence electrons. The third-order valence-electron chi connectivity index (χ3n) is 3.70. The van der Waals surface area contributed by atoms with Crippen LogP contribution in [0.1, 0.15) is 37.0 Å². The highest BCUT2D eigenvalue weighted by Gasteiger charge is 2.18. The van der Waals surface area contributed by atoms with Gasteiger partial charge in [0.25, 0.3) is 5.91 Å². The Kier molecular flexibility index (Phi) is 5.88. The van der Waals surface area contributed by atoms with Gasteiger partial charge in [0.1, 0.15) is 0 Å². The lowest BCUT2D eigenvalue weighted by atomic mass is 10.1. The van der Waals surface area contributed by atoms with E-state index in [0.29, 0.717) is 10.6 Å². The number of hydrogen-bond acceptors (Lipinski definition) is 3. The molecule has 1 aliphatic rings. The molecule has 4 nitrogen and oxygen atoms in total. The molecule has 21 heavy (non-hydrogen) atoms. The number of halogens is 1. The Morgan fingerprint density at radius 2 is 2.10 bits per heavy atom. The van der Waals surface area contributed by atoms with Crippen molar-refractivity contribution in [3.8, 4) is 0 Å². The zero-order valence-electron chi connectivity index (χ0n) is 12.8. The molecule has 5 heteroatoms. The average molecular weight is 310 g/mol. The number of hydrogen-bond donors (Lipinski definition) is 2. The second-order valence-corrected chi connectivity index (χ2v) is 6.04. The van der Waals surface area contributed by atoms with E-state index in [9.17, 15) is 4.79 Å². The minimum absolute atomic E-state index is 0.0693. The van der Waals surface area contributed by atoms with E-state index in [1.165, 1.54) is 12.8 Å². The summed E-state index contributed by atoms with van der Waals surface area (Å²) in [4.78, 5) is 14.8.